The Kier molecular flexibility index (Phi) is 5.51. The number of benzene rings is 3. The Balaban J connectivity index is 1.77. The number of carbonyl (C=O) groups is 1. The van der Waals surface area contributed by atoms with E-state index in [2.05, 4.69) is 5.10 Å². The Morgan fingerprint density at radius 3 is 2.24 bits per heavy atom. The van der Waals surface area contributed by atoms with Crippen molar-refractivity contribution in [3.05, 3.63) is 118 Å². The monoisotopic (exact) mass is 452 g/mol. The number of hydrogen-bond donors (Lipinski definition) is 1. The van der Waals surface area contributed by atoms with Crippen LogP contribution in [-0.4, -0.2) is 28.4 Å². The Morgan fingerprint density at radius 1 is 0.941 bits per heavy atom. The van der Waals surface area contributed by atoms with E-state index in [0.717, 1.165) is 5.56 Å². The van der Waals surface area contributed by atoms with Crippen molar-refractivity contribution in [3.63, 3.8) is 0 Å². The molecular formula is C27H22N3O4+. The van der Waals surface area contributed by atoms with Gasteiger partial charge in [0.25, 0.3) is 5.88 Å². The minimum atomic E-state index is -0.456. The highest BCUT2D eigenvalue weighted by Gasteiger charge is 2.36. The maximum atomic E-state index is 13.6. The van der Waals surface area contributed by atoms with Crippen molar-refractivity contribution in [2.75, 3.05) is 7.11 Å². The molecule has 0 fully saturated rings. The Bertz CT molecular complexity index is 1460. The summed E-state index contributed by atoms with van der Waals surface area (Å²) in [5, 5.41) is 15.8. The fraction of sp³-hybridized carbons (Fsp3) is 0.111. The Hall–Kier alpha value is -4.52. The molecule has 1 aromatic heterocycles. The average Bonchev–Trinajstić information content (AvgIpc) is 2.88. The van der Waals surface area contributed by atoms with Crippen LogP contribution in [0.5, 0.6) is 11.6 Å². The highest BCUT2D eigenvalue weighted by atomic mass is 16.5. The average molecular weight is 452 g/mol. The predicted octanol–water partition coefficient (Wildman–Crippen LogP) is 2.81. The number of fused-ring (bicyclic) bond motifs is 1. The van der Waals surface area contributed by atoms with E-state index in [1.165, 1.54) is 9.24 Å². The molecule has 0 bridgehead atoms. The molecule has 0 saturated carbocycles. The van der Waals surface area contributed by atoms with Crippen LogP contribution in [-0.2, 0) is 17.6 Å². The van der Waals surface area contributed by atoms with Crippen LogP contribution >= 0.6 is 0 Å². The van der Waals surface area contributed by atoms with Gasteiger partial charge in [0, 0.05) is 12.0 Å². The van der Waals surface area contributed by atoms with Gasteiger partial charge < -0.3 is 9.84 Å². The zero-order valence-corrected chi connectivity index (χ0v) is 18.5. The molecule has 4 aromatic rings. The van der Waals surface area contributed by atoms with Gasteiger partial charge in [0.05, 0.1) is 7.11 Å². The lowest BCUT2D eigenvalue weighted by Gasteiger charge is -2.16. The maximum Gasteiger partial charge on any atom is 0.370 e. The van der Waals surface area contributed by atoms with Gasteiger partial charge in [-0.1, -0.05) is 70.4 Å². The van der Waals surface area contributed by atoms with E-state index in [4.69, 9.17) is 4.74 Å². The van der Waals surface area contributed by atoms with Crippen LogP contribution in [0, 0.1) is 0 Å². The third kappa shape index (κ3) is 3.77. The van der Waals surface area contributed by atoms with Crippen molar-refractivity contribution < 1.29 is 19.2 Å². The summed E-state index contributed by atoms with van der Waals surface area (Å²) in [6, 6.07) is 25.5. The molecule has 3 aromatic carbocycles. The van der Waals surface area contributed by atoms with Crippen molar-refractivity contribution in [1.82, 2.24) is 4.68 Å². The topological polar surface area (TPSA) is 84.8 Å². The molecule has 168 valence electrons. The zero-order valence-electron chi connectivity index (χ0n) is 18.5. The largest absolute Gasteiger partial charge is 0.497 e. The fourth-order valence-electron chi connectivity index (χ4n) is 4.10. The lowest BCUT2D eigenvalue weighted by Crippen LogP contribution is -2.48. The number of aromatic nitrogens is 2. The van der Waals surface area contributed by atoms with Crippen molar-refractivity contribution >= 4 is 11.5 Å². The molecule has 7 heteroatoms. The summed E-state index contributed by atoms with van der Waals surface area (Å²) in [6.07, 6.45) is 0.125. The second-order valence-electron chi connectivity index (χ2n) is 7.95. The normalized spacial score (nSPS) is 12.7. The van der Waals surface area contributed by atoms with Crippen molar-refractivity contribution in [1.29, 1.82) is 0 Å². The predicted molar refractivity (Wildman–Crippen MR) is 127 cm³/mol. The second-order valence-corrected chi connectivity index (χ2v) is 7.95. The maximum absolute atomic E-state index is 13.6. The number of hydrogen-bond acceptors (Lipinski definition) is 5. The first-order valence-corrected chi connectivity index (χ1v) is 10.8. The van der Waals surface area contributed by atoms with Crippen molar-refractivity contribution in [2.45, 2.75) is 12.8 Å². The van der Waals surface area contributed by atoms with Crippen molar-refractivity contribution in [2.24, 2.45) is 5.10 Å². The van der Waals surface area contributed by atoms with Crippen LogP contribution in [0.4, 0.5) is 0 Å². The summed E-state index contributed by atoms with van der Waals surface area (Å²) >= 11 is 0. The number of nitrogens with zero attached hydrogens (tertiary/aromatic N) is 3. The standard InChI is InChI=1S/C27H21N3O4/c1-34-21-14-12-20(13-15-21)29-24-17-23(31)25(19-10-6-3-7-11-19)28-30(24)27(33)22(26(29)32)16-18-8-4-2-5-9-18/h2-15H,16-17H2,1H3/p+1. The molecule has 1 N–H and O–H groups in total. The molecule has 34 heavy (non-hydrogen) atoms. The van der Waals surface area contributed by atoms with Gasteiger partial charge in [-0.05, 0) is 29.8 Å². The number of aromatic hydroxyl groups is 1. The highest BCUT2D eigenvalue weighted by molar-refractivity contribution is 6.46. The molecule has 2 heterocycles. The number of ketones is 1. The van der Waals surface area contributed by atoms with E-state index in [1.54, 1.807) is 43.5 Å². The molecule has 0 atom stereocenters. The molecule has 0 unspecified atom stereocenters. The van der Waals surface area contributed by atoms with E-state index in [1.807, 2.05) is 48.5 Å². The van der Waals surface area contributed by atoms with Gasteiger partial charge in [0.15, 0.2) is 11.5 Å². The molecule has 0 spiro atoms. The smallest absolute Gasteiger partial charge is 0.370 e. The van der Waals surface area contributed by atoms with E-state index >= 15 is 0 Å². The van der Waals surface area contributed by atoms with Gasteiger partial charge in [0.2, 0.25) is 0 Å². The van der Waals surface area contributed by atoms with E-state index in [0.29, 0.717) is 17.0 Å². The molecular weight excluding hydrogens is 430 g/mol. The molecule has 0 amide bonds. The lowest BCUT2D eigenvalue weighted by atomic mass is 10.0. The van der Waals surface area contributed by atoms with Crippen LogP contribution in [0.25, 0.3) is 5.69 Å². The third-order valence-corrected chi connectivity index (χ3v) is 5.82. The summed E-state index contributed by atoms with van der Waals surface area (Å²) < 4.78 is 8.01. The molecule has 5 rings (SSSR count). The number of Topliss-reactive ketones (excluding diaryl/α,β-unsaturated/α-hetero) is 1. The van der Waals surface area contributed by atoms with Gasteiger partial charge in [-0.3, -0.25) is 4.79 Å². The zero-order chi connectivity index (χ0) is 23.7. The fourth-order valence-corrected chi connectivity index (χ4v) is 4.10. The van der Waals surface area contributed by atoms with Crippen LogP contribution in [0.1, 0.15) is 22.5 Å². The quantitative estimate of drug-likeness (QED) is 0.472. The number of carbonyl (C=O) groups excluding carboxylic acids is 1. The van der Waals surface area contributed by atoms with E-state index in [9.17, 15) is 14.7 Å². The summed E-state index contributed by atoms with van der Waals surface area (Å²) in [4.78, 5) is 26.6. The summed E-state index contributed by atoms with van der Waals surface area (Å²) in [5.41, 5.74) is 2.04. The van der Waals surface area contributed by atoms with Gasteiger partial charge in [-0.25, -0.2) is 4.79 Å². The third-order valence-electron chi connectivity index (χ3n) is 5.82. The van der Waals surface area contributed by atoms with Crippen LogP contribution in [0.3, 0.4) is 0 Å². The van der Waals surface area contributed by atoms with Crippen LogP contribution in [0.15, 0.2) is 94.8 Å². The molecule has 1 aliphatic heterocycles. The SMILES string of the molecule is COc1ccc(-[n+]2c(O)c(Cc3ccccc3)c(=O)n3c2CC(=O)C(c2ccccc2)=N3)cc1. The minimum Gasteiger partial charge on any atom is -0.497 e. The van der Waals surface area contributed by atoms with E-state index in [-0.39, 0.29) is 41.6 Å². The first-order valence-electron chi connectivity index (χ1n) is 10.8. The molecule has 0 saturated heterocycles. The molecule has 0 aliphatic carbocycles. The van der Waals surface area contributed by atoms with Gasteiger partial charge in [-0.2, -0.15) is 4.57 Å². The minimum absolute atomic E-state index is 0.0891. The van der Waals surface area contributed by atoms with Crippen LogP contribution < -0.4 is 14.9 Å². The van der Waals surface area contributed by atoms with Gasteiger partial charge >= 0.3 is 11.4 Å². The summed E-state index contributed by atoms with van der Waals surface area (Å²) in [6.45, 7) is 0. The lowest BCUT2D eigenvalue weighted by molar-refractivity contribution is -0.617. The number of ether oxygens (including phenoxy) is 1. The summed E-state index contributed by atoms with van der Waals surface area (Å²) in [5.74, 6) is 0.490. The van der Waals surface area contributed by atoms with E-state index < -0.39 is 5.56 Å². The second kappa shape index (κ2) is 8.78. The molecule has 0 radical (unpaired) electrons. The first-order chi connectivity index (χ1) is 16.6. The highest BCUT2D eigenvalue weighted by Crippen LogP contribution is 2.21. The molecule has 7 nitrogen and oxygen atoms in total. The Morgan fingerprint density at radius 2 is 1.59 bits per heavy atom. The first kappa shape index (κ1) is 21.3. The van der Waals surface area contributed by atoms with Gasteiger partial charge in [-0.15, -0.1) is 0 Å². The number of methoxy groups -OCH3 is 1. The summed E-state index contributed by atoms with van der Waals surface area (Å²) in [7, 11) is 1.57. The van der Waals surface area contributed by atoms with Crippen LogP contribution in [0.2, 0.25) is 0 Å². The molecule has 1 aliphatic rings. The van der Waals surface area contributed by atoms with Crippen molar-refractivity contribution in [3.8, 4) is 17.3 Å². The number of rotatable bonds is 5. The van der Waals surface area contributed by atoms with Gasteiger partial charge in [0.1, 0.15) is 23.4 Å². The Labute approximate surface area is 195 Å².